The number of benzene rings is 1. The predicted molar refractivity (Wildman–Crippen MR) is 93.0 cm³/mol. The van der Waals surface area contributed by atoms with Crippen LogP contribution in [0.1, 0.15) is 51.0 Å². The zero-order valence-corrected chi connectivity index (χ0v) is 14.1. The van der Waals surface area contributed by atoms with E-state index in [1.165, 1.54) is 0 Å². The Labute approximate surface area is 138 Å². The molecule has 1 aromatic rings. The maximum Gasteiger partial charge on any atom is 0.303 e. The van der Waals surface area contributed by atoms with E-state index in [2.05, 4.69) is 11.8 Å². The third-order valence-electron chi connectivity index (χ3n) is 4.72. The Morgan fingerprint density at radius 1 is 1.39 bits per heavy atom. The van der Waals surface area contributed by atoms with Gasteiger partial charge in [-0.1, -0.05) is 13.0 Å². The fourth-order valence-electron chi connectivity index (χ4n) is 3.42. The third-order valence-corrected chi connectivity index (χ3v) is 4.72. The maximum atomic E-state index is 11.0. The first-order valence-electron chi connectivity index (χ1n) is 8.52. The Bertz CT molecular complexity index is 527. The highest BCUT2D eigenvalue weighted by molar-refractivity contribution is 5.71. The molecule has 0 spiro atoms. The van der Waals surface area contributed by atoms with Crippen LogP contribution in [0.15, 0.2) is 18.2 Å². The second-order valence-electron chi connectivity index (χ2n) is 6.15. The first-order valence-corrected chi connectivity index (χ1v) is 8.52. The van der Waals surface area contributed by atoms with Crippen molar-refractivity contribution in [2.24, 2.45) is 0 Å². The van der Waals surface area contributed by atoms with E-state index in [9.17, 15) is 4.79 Å². The summed E-state index contributed by atoms with van der Waals surface area (Å²) in [6.45, 7) is 6.66. The van der Waals surface area contributed by atoms with Crippen molar-refractivity contribution in [2.75, 3.05) is 30.4 Å². The van der Waals surface area contributed by atoms with Crippen LogP contribution in [0.4, 0.5) is 11.4 Å². The van der Waals surface area contributed by atoms with Crippen LogP contribution in [0.3, 0.4) is 0 Å². The van der Waals surface area contributed by atoms with Crippen molar-refractivity contribution in [1.82, 2.24) is 0 Å². The molecule has 1 heterocycles. The molecular formula is C18H28N2O3. The second kappa shape index (κ2) is 8.20. The quantitative estimate of drug-likeness (QED) is 0.754. The van der Waals surface area contributed by atoms with Crippen LogP contribution in [0.25, 0.3) is 0 Å². The largest absolute Gasteiger partial charge is 0.481 e. The maximum absolute atomic E-state index is 11.0. The molecule has 0 bridgehead atoms. The number of aliphatic carboxylic acids is 1. The van der Waals surface area contributed by atoms with Gasteiger partial charge in [0, 0.05) is 25.8 Å². The lowest BCUT2D eigenvalue weighted by molar-refractivity contribution is -0.137. The number of hydrogen-bond acceptors (Lipinski definition) is 4. The molecule has 23 heavy (non-hydrogen) atoms. The first kappa shape index (κ1) is 17.6. The van der Waals surface area contributed by atoms with Gasteiger partial charge in [0.15, 0.2) is 0 Å². The standard InChI is InChI=1S/C18H28N2O3/c1-3-13(12-18(21)22)14-5-6-17(16(19)11-14)20(4-2)15-7-9-23-10-8-15/h5-6,11,13,15H,3-4,7-10,12,19H2,1-2H3,(H,21,22)/t13-/m0/s1. The Balaban J connectivity index is 2.21. The monoisotopic (exact) mass is 320 g/mol. The molecule has 2 rings (SSSR count). The number of nitrogens with zero attached hydrogens (tertiary/aromatic N) is 1. The molecule has 0 amide bonds. The molecule has 128 valence electrons. The lowest BCUT2D eigenvalue weighted by Gasteiger charge is -2.36. The second-order valence-corrected chi connectivity index (χ2v) is 6.15. The number of carboxylic acid groups (broad SMARTS) is 1. The van der Waals surface area contributed by atoms with E-state index in [-0.39, 0.29) is 12.3 Å². The highest BCUT2D eigenvalue weighted by Crippen LogP contribution is 2.33. The van der Waals surface area contributed by atoms with Gasteiger partial charge in [0.25, 0.3) is 0 Å². The van der Waals surface area contributed by atoms with Crippen LogP contribution in [-0.2, 0) is 9.53 Å². The number of nitrogens with two attached hydrogens (primary N) is 1. The first-order chi connectivity index (χ1) is 11.1. The topological polar surface area (TPSA) is 75.8 Å². The summed E-state index contributed by atoms with van der Waals surface area (Å²) < 4.78 is 5.45. The van der Waals surface area contributed by atoms with Crippen molar-refractivity contribution >= 4 is 17.3 Å². The number of nitrogen functional groups attached to an aromatic ring is 1. The predicted octanol–water partition coefficient (Wildman–Crippen LogP) is 3.24. The van der Waals surface area contributed by atoms with Gasteiger partial charge in [0.05, 0.1) is 17.8 Å². The lowest BCUT2D eigenvalue weighted by atomic mass is 9.92. The average molecular weight is 320 g/mol. The molecule has 1 saturated heterocycles. The van der Waals surface area contributed by atoms with Crippen molar-refractivity contribution < 1.29 is 14.6 Å². The summed E-state index contributed by atoms with van der Waals surface area (Å²) in [5.41, 5.74) is 9.11. The summed E-state index contributed by atoms with van der Waals surface area (Å²) in [6, 6.07) is 6.50. The van der Waals surface area contributed by atoms with E-state index >= 15 is 0 Å². The van der Waals surface area contributed by atoms with Crippen LogP contribution < -0.4 is 10.6 Å². The summed E-state index contributed by atoms with van der Waals surface area (Å²) in [7, 11) is 0. The van der Waals surface area contributed by atoms with Crippen LogP contribution >= 0.6 is 0 Å². The summed E-state index contributed by atoms with van der Waals surface area (Å²) in [4.78, 5) is 13.4. The average Bonchev–Trinajstić information content (AvgIpc) is 2.55. The molecule has 0 aliphatic carbocycles. The SMILES string of the molecule is CC[C@@H](CC(=O)O)c1ccc(N(CC)C2CCOCC2)c(N)c1. The van der Waals surface area contributed by atoms with Crippen LogP contribution in [0.5, 0.6) is 0 Å². The molecule has 1 fully saturated rings. The van der Waals surface area contributed by atoms with Gasteiger partial charge in [-0.05, 0) is 49.8 Å². The lowest BCUT2D eigenvalue weighted by Crippen LogP contribution is -2.39. The van der Waals surface area contributed by atoms with E-state index in [0.29, 0.717) is 6.04 Å². The minimum atomic E-state index is -0.767. The molecule has 1 aliphatic heterocycles. The highest BCUT2D eigenvalue weighted by atomic mass is 16.5. The summed E-state index contributed by atoms with van der Waals surface area (Å²) in [5, 5.41) is 9.05. The van der Waals surface area contributed by atoms with Crippen molar-refractivity contribution in [1.29, 1.82) is 0 Å². The molecule has 5 heteroatoms. The Kier molecular flexibility index (Phi) is 6.28. The fraction of sp³-hybridized carbons (Fsp3) is 0.611. The molecule has 0 unspecified atom stereocenters. The number of carbonyl (C=O) groups is 1. The zero-order chi connectivity index (χ0) is 16.8. The number of ether oxygens (including phenoxy) is 1. The van der Waals surface area contributed by atoms with Gasteiger partial charge in [-0.3, -0.25) is 4.79 Å². The van der Waals surface area contributed by atoms with Gasteiger partial charge in [0.1, 0.15) is 0 Å². The Morgan fingerprint density at radius 2 is 2.09 bits per heavy atom. The molecule has 0 saturated carbocycles. The highest BCUT2D eigenvalue weighted by Gasteiger charge is 2.23. The molecule has 5 nitrogen and oxygen atoms in total. The Morgan fingerprint density at radius 3 is 2.61 bits per heavy atom. The molecule has 1 aliphatic rings. The van der Waals surface area contributed by atoms with Gasteiger partial charge in [-0.2, -0.15) is 0 Å². The van der Waals surface area contributed by atoms with Crippen molar-refractivity contribution in [2.45, 2.75) is 51.5 Å². The van der Waals surface area contributed by atoms with Crippen molar-refractivity contribution in [3.05, 3.63) is 23.8 Å². The molecule has 3 N–H and O–H groups in total. The minimum Gasteiger partial charge on any atom is -0.481 e. The van der Waals surface area contributed by atoms with E-state index < -0.39 is 5.97 Å². The van der Waals surface area contributed by atoms with Crippen LogP contribution in [0, 0.1) is 0 Å². The summed E-state index contributed by atoms with van der Waals surface area (Å²) >= 11 is 0. The number of anilines is 2. The zero-order valence-electron chi connectivity index (χ0n) is 14.1. The summed E-state index contributed by atoms with van der Waals surface area (Å²) in [6.07, 6.45) is 2.98. The van der Waals surface area contributed by atoms with Gasteiger partial charge in [-0.15, -0.1) is 0 Å². The van der Waals surface area contributed by atoms with Gasteiger partial charge in [-0.25, -0.2) is 0 Å². The van der Waals surface area contributed by atoms with E-state index in [1.54, 1.807) is 0 Å². The minimum absolute atomic E-state index is 0.0157. The Hall–Kier alpha value is -1.75. The number of carboxylic acids is 1. The summed E-state index contributed by atoms with van der Waals surface area (Å²) in [5.74, 6) is -0.751. The molecule has 0 radical (unpaired) electrons. The van der Waals surface area contributed by atoms with Gasteiger partial charge < -0.3 is 20.5 Å². The molecule has 1 atom stereocenters. The van der Waals surface area contributed by atoms with Crippen molar-refractivity contribution in [3.8, 4) is 0 Å². The number of rotatable bonds is 7. The number of hydrogen-bond donors (Lipinski definition) is 2. The molecule has 1 aromatic carbocycles. The van der Waals surface area contributed by atoms with Gasteiger partial charge in [0.2, 0.25) is 0 Å². The van der Waals surface area contributed by atoms with Crippen molar-refractivity contribution in [3.63, 3.8) is 0 Å². The normalized spacial score (nSPS) is 17.0. The van der Waals surface area contributed by atoms with Gasteiger partial charge >= 0.3 is 5.97 Å². The van der Waals surface area contributed by atoms with Crippen LogP contribution in [0.2, 0.25) is 0 Å². The van der Waals surface area contributed by atoms with E-state index in [4.69, 9.17) is 15.6 Å². The molecule has 0 aromatic heterocycles. The van der Waals surface area contributed by atoms with E-state index in [1.807, 2.05) is 25.1 Å². The van der Waals surface area contributed by atoms with E-state index in [0.717, 1.165) is 56.0 Å². The van der Waals surface area contributed by atoms with Crippen LogP contribution in [-0.4, -0.2) is 36.9 Å². The smallest absolute Gasteiger partial charge is 0.303 e. The fourth-order valence-corrected chi connectivity index (χ4v) is 3.42. The molecular weight excluding hydrogens is 292 g/mol. The third kappa shape index (κ3) is 4.38.